The first-order chi connectivity index (χ1) is 11.5. The number of hydrogen-bond acceptors (Lipinski definition) is 4. The Kier molecular flexibility index (Phi) is 4.65. The molecule has 4 N–H and O–H groups in total. The standard InChI is InChI=1S/C15H12F6N2O2/c16-13(17,14(18,19)20)15(21,24-11-7-3-1-5-9(11)22)25-12-8-4-2-6-10(12)23/h1-8H,22-23H2. The van der Waals surface area contributed by atoms with E-state index in [1.165, 1.54) is 24.3 Å². The number of anilines is 2. The van der Waals surface area contributed by atoms with Gasteiger partial charge in [-0.1, -0.05) is 24.3 Å². The molecule has 0 aromatic heterocycles. The normalized spacial score (nSPS) is 12.7. The second kappa shape index (κ2) is 6.26. The quantitative estimate of drug-likeness (QED) is 0.474. The first kappa shape index (κ1) is 18.6. The van der Waals surface area contributed by atoms with E-state index in [-0.39, 0.29) is 11.4 Å². The summed E-state index contributed by atoms with van der Waals surface area (Å²) in [6, 6.07) is 4.22. The van der Waals surface area contributed by atoms with Gasteiger partial charge in [-0.25, -0.2) is 0 Å². The minimum Gasteiger partial charge on any atom is -0.420 e. The van der Waals surface area contributed by atoms with Crippen LogP contribution in [-0.4, -0.2) is 18.1 Å². The smallest absolute Gasteiger partial charge is 0.420 e. The van der Waals surface area contributed by atoms with Gasteiger partial charge in [0.05, 0.1) is 11.4 Å². The lowest BCUT2D eigenvalue weighted by atomic mass is 10.2. The average molecular weight is 366 g/mol. The lowest BCUT2D eigenvalue weighted by Crippen LogP contribution is -2.61. The molecule has 10 heteroatoms. The van der Waals surface area contributed by atoms with E-state index in [9.17, 15) is 26.3 Å². The Bertz CT molecular complexity index is 703. The van der Waals surface area contributed by atoms with Crippen LogP contribution in [0, 0.1) is 0 Å². The molecule has 0 amide bonds. The third kappa shape index (κ3) is 3.52. The number of hydrogen-bond donors (Lipinski definition) is 2. The van der Waals surface area contributed by atoms with Crippen molar-refractivity contribution in [2.75, 3.05) is 11.5 Å². The second-order valence-corrected chi connectivity index (χ2v) is 4.89. The SMILES string of the molecule is Nc1ccccc1OC(F)(Oc1ccccc1N)C(F)(F)C(F)(F)F. The highest BCUT2D eigenvalue weighted by Gasteiger charge is 2.77. The third-order valence-electron chi connectivity index (χ3n) is 3.05. The number of alkyl halides is 6. The summed E-state index contributed by atoms with van der Waals surface area (Å²) in [5.74, 6) is -7.56. The van der Waals surface area contributed by atoms with Crippen molar-refractivity contribution in [3.05, 3.63) is 48.5 Å². The third-order valence-corrected chi connectivity index (χ3v) is 3.05. The van der Waals surface area contributed by atoms with Crippen LogP contribution < -0.4 is 20.9 Å². The molecule has 0 saturated carbocycles. The molecule has 2 aromatic carbocycles. The molecule has 0 fully saturated rings. The van der Waals surface area contributed by atoms with Crippen molar-refractivity contribution < 1.29 is 35.8 Å². The fourth-order valence-corrected chi connectivity index (χ4v) is 1.75. The monoisotopic (exact) mass is 366 g/mol. The lowest BCUT2D eigenvalue weighted by molar-refractivity contribution is -0.416. The highest BCUT2D eigenvalue weighted by atomic mass is 19.4. The molecule has 0 unspecified atom stereocenters. The molecule has 136 valence electrons. The summed E-state index contributed by atoms with van der Waals surface area (Å²) < 4.78 is 89.0. The van der Waals surface area contributed by atoms with Crippen molar-refractivity contribution in [3.63, 3.8) is 0 Å². The molecule has 0 atom stereocenters. The Balaban J connectivity index is 2.51. The summed E-state index contributed by atoms with van der Waals surface area (Å²) in [6.07, 6.45) is -6.31. The minimum atomic E-state index is -6.31. The van der Waals surface area contributed by atoms with Crippen LogP contribution in [0.1, 0.15) is 0 Å². The van der Waals surface area contributed by atoms with E-state index in [4.69, 9.17) is 11.5 Å². The number of para-hydroxylation sites is 4. The molecule has 0 bridgehead atoms. The van der Waals surface area contributed by atoms with Crippen molar-refractivity contribution >= 4 is 11.4 Å². The van der Waals surface area contributed by atoms with Crippen molar-refractivity contribution in [2.24, 2.45) is 0 Å². The van der Waals surface area contributed by atoms with Crippen molar-refractivity contribution in [2.45, 2.75) is 18.1 Å². The number of rotatable bonds is 5. The van der Waals surface area contributed by atoms with Crippen LogP contribution >= 0.6 is 0 Å². The van der Waals surface area contributed by atoms with Gasteiger partial charge in [-0.05, 0) is 24.3 Å². The molecule has 0 saturated heterocycles. The molecule has 0 aliphatic heterocycles. The van der Waals surface area contributed by atoms with Crippen molar-refractivity contribution in [3.8, 4) is 11.5 Å². The van der Waals surface area contributed by atoms with Gasteiger partial charge < -0.3 is 20.9 Å². The zero-order valence-corrected chi connectivity index (χ0v) is 12.4. The number of nitrogen functional groups attached to an aromatic ring is 2. The van der Waals surface area contributed by atoms with Crippen LogP contribution in [0.25, 0.3) is 0 Å². The molecule has 25 heavy (non-hydrogen) atoms. The topological polar surface area (TPSA) is 70.5 Å². The summed E-state index contributed by atoms with van der Waals surface area (Å²) in [5.41, 5.74) is 10.1. The Morgan fingerprint density at radius 3 is 1.32 bits per heavy atom. The average Bonchev–Trinajstić information content (AvgIpc) is 2.51. The van der Waals surface area contributed by atoms with Gasteiger partial charge >= 0.3 is 18.1 Å². The first-order valence-electron chi connectivity index (χ1n) is 6.68. The van der Waals surface area contributed by atoms with Crippen LogP contribution in [0.2, 0.25) is 0 Å². The Morgan fingerprint density at radius 1 is 0.640 bits per heavy atom. The molecular formula is C15H12F6N2O2. The summed E-state index contributed by atoms with van der Waals surface area (Å²) in [6.45, 7) is 0. The summed E-state index contributed by atoms with van der Waals surface area (Å²) in [4.78, 5) is 0. The van der Waals surface area contributed by atoms with Crippen molar-refractivity contribution in [1.29, 1.82) is 0 Å². The zero-order valence-electron chi connectivity index (χ0n) is 12.4. The molecule has 2 aromatic rings. The maximum atomic E-state index is 14.8. The maximum Gasteiger partial charge on any atom is 0.485 e. The predicted molar refractivity (Wildman–Crippen MR) is 77.8 cm³/mol. The van der Waals surface area contributed by atoms with Gasteiger partial charge in [-0.15, -0.1) is 0 Å². The molecule has 0 aliphatic rings. The number of nitrogens with two attached hydrogens (primary N) is 2. The van der Waals surface area contributed by atoms with Gasteiger partial charge in [0, 0.05) is 0 Å². The number of ether oxygens (including phenoxy) is 2. The Morgan fingerprint density at radius 2 is 1.00 bits per heavy atom. The number of benzene rings is 2. The van der Waals surface area contributed by atoms with Gasteiger partial charge in [0.15, 0.2) is 0 Å². The van der Waals surface area contributed by atoms with Gasteiger partial charge in [0.25, 0.3) is 0 Å². The Labute approximate surface area is 137 Å². The van der Waals surface area contributed by atoms with E-state index in [1.54, 1.807) is 0 Å². The molecule has 2 rings (SSSR count). The van der Waals surface area contributed by atoms with Crippen LogP contribution in [0.5, 0.6) is 11.5 Å². The lowest BCUT2D eigenvalue weighted by Gasteiger charge is -2.34. The van der Waals surface area contributed by atoms with Crippen LogP contribution in [0.15, 0.2) is 48.5 Å². The summed E-state index contributed by atoms with van der Waals surface area (Å²) in [7, 11) is 0. The van der Waals surface area contributed by atoms with E-state index < -0.39 is 29.6 Å². The van der Waals surface area contributed by atoms with Crippen LogP contribution in [0.4, 0.5) is 37.7 Å². The molecule has 4 nitrogen and oxygen atoms in total. The fraction of sp³-hybridized carbons (Fsp3) is 0.200. The zero-order chi connectivity index (χ0) is 18.9. The first-order valence-corrected chi connectivity index (χ1v) is 6.68. The fourth-order valence-electron chi connectivity index (χ4n) is 1.75. The van der Waals surface area contributed by atoms with Crippen LogP contribution in [-0.2, 0) is 0 Å². The highest BCUT2D eigenvalue weighted by Crippen LogP contribution is 2.48. The molecular weight excluding hydrogens is 354 g/mol. The van der Waals surface area contributed by atoms with Gasteiger partial charge in [0.1, 0.15) is 11.5 Å². The van der Waals surface area contributed by atoms with Crippen molar-refractivity contribution in [1.82, 2.24) is 0 Å². The summed E-state index contributed by atoms with van der Waals surface area (Å²) in [5, 5.41) is 0. The van der Waals surface area contributed by atoms with E-state index in [0.29, 0.717) is 0 Å². The summed E-state index contributed by atoms with van der Waals surface area (Å²) >= 11 is 0. The van der Waals surface area contributed by atoms with Gasteiger partial charge in [-0.3, -0.25) is 0 Å². The van der Waals surface area contributed by atoms with E-state index in [1.807, 2.05) is 0 Å². The van der Waals surface area contributed by atoms with E-state index >= 15 is 0 Å². The molecule has 0 heterocycles. The largest absolute Gasteiger partial charge is 0.485 e. The van der Waals surface area contributed by atoms with E-state index in [2.05, 4.69) is 9.47 Å². The van der Waals surface area contributed by atoms with Gasteiger partial charge in [0.2, 0.25) is 0 Å². The molecule has 0 radical (unpaired) electrons. The van der Waals surface area contributed by atoms with Crippen LogP contribution in [0.3, 0.4) is 0 Å². The second-order valence-electron chi connectivity index (χ2n) is 4.89. The molecule has 0 aliphatic carbocycles. The van der Waals surface area contributed by atoms with E-state index in [0.717, 1.165) is 24.3 Å². The maximum absolute atomic E-state index is 14.8. The van der Waals surface area contributed by atoms with Gasteiger partial charge in [-0.2, -0.15) is 26.3 Å². The Hall–Kier alpha value is -2.78. The minimum absolute atomic E-state index is 0.368. The highest BCUT2D eigenvalue weighted by molar-refractivity contribution is 5.53. The molecule has 0 spiro atoms. The predicted octanol–water partition coefficient (Wildman–Crippen LogP) is 4.13. The number of halogens is 6.